The number of hydrogen-bond acceptors (Lipinski definition) is 1. The summed E-state index contributed by atoms with van der Waals surface area (Å²) < 4.78 is 0. The largest absolute Gasteiger partial charge is 0.358 e. The highest BCUT2D eigenvalue weighted by Crippen LogP contribution is 2.32. The highest BCUT2D eigenvalue weighted by molar-refractivity contribution is 5.99. The summed E-state index contributed by atoms with van der Waals surface area (Å²) in [4.78, 5) is 15.9. The molecule has 1 amide bonds. The Balaban J connectivity index is 1.89. The van der Waals surface area contributed by atoms with E-state index in [4.69, 9.17) is 0 Å². The van der Waals surface area contributed by atoms with Gasteiger partial charge < -0.3 is 10.3 Å². The summed E-state index contributed by atoms with van der Waals surface area (Å²) in [6.45, 7) is 6.52. The van der Waals surface area contributed by atoms with E-state index in [9.17, 15) is 4.79 Å². The topological polar surface area (TPSA) is 44.9 Å². The van der Waals surface area contributed by atoms with E-state index < -0.39 is 0 Å². The van der Waals surface area contributed by atoms with Gasteiger partial charge in [0.15, 0.2) is 0 Å². The summed E-state index contributed by atoms with van der Waals surface area (Å²) in [6, 6.07) is 6.28. The molecule has 1 aliphatic rings. The van der Waals surface area contributed by atoms with Gasteiger partial charge in [0.2, 0.25) is 0 Å². The second-order valence-corrected chi connectivity index (χ2v) is 6.85. The monoisotopic (exact) mass is 298 g/mol. The molecule has 0 bridgehead atoms. The van der Waals surface area contributed by atoms with Crippen LogP contribution in [0.5, 0.6) is 0 Å². The Morgan fingerprint density at radius 1 is 1.45 bits per heavy atom. The van der Waals surface area contributed by atoms with Gasteiger partial charge in [-0.2, -0.15) is 0 Å². The van der Waals surface area contributed by atoms with Crippen LogP contribution in [0.4, 0.5) is 0 Å². The molecule has 1 aromatic carbocycles. The molecule has 2 aromatic rings. The van der Waals surface area contributed by atoms with Crippen molar-refractivity contribution < 1.29 is 4.79 Å². The van der Waals surface area contributed by atoms with Crippen LogP contribution < -0.4 is 5.32 Å². The molecule has 118 valence electrons. The van der Waals surface area contributed by atoms with Crippen molar-refractivity contribution >= 4 is 16.8 Å². The number of nitrogens with one attached hydrogen (secondary N) is 2. The fourth-order valence-corrected chi connectivity index (χ4v) is 3.54. The lowest BCUT2D eigenvalue weighted by molar-refractivity contribution is 0.0938. The maximum atomic E-state index is 12.4. The molecule has 0 spiro atoms. The number of carbonyl (C=O) groups excluding carboxylic acids is 1. The van der Waals surface area contributed by atoms with Gasteiger partial charge in [0, 0.05) is 28.2 Å². The molecule has 0 unspecified atom stereocenters. The second kappa shape index (κ2) is 6.15. The minimum absolute atomic E-state index is 0.0432. The highest BCUT2D eigenvalue weighted by Gasteiger charge is 2.20. The number of aromatic nitrogens is 1. The van der Waals surface area contributed by atoms with Crippen molar-refractivity contribution in [1.82, 2.24) is 10.3 Å². The third-order valence-electron chi connectivity index (χ3n) is 4.80. The van der Waals surface area contributed by atoms with E-state index in [1.54, 1.807) is 0 Å². The number of carbonyl (C=O) groups is 1. The van der Waals surface area contributed by atoms with E-state index in [2.05, 4.69) is 43.2 Å². The molecule has 1 aromatic heterocycles. The normalized spacial score (nSPS) is 19.0. The van der Waals surface area contributed by atoms with Crippen molar-refractivity contribution in [2.45, 2.75) is 58.9 Å². The van der Waals surface area contributed by atoms with Gasteiger partial charge in [-0.3, -0.25) is 4.79 Å². The standard InChI is InChI=1S/C19H26N2O/c1-4-5-13(3)20-19(22)14-7-9-18-16(11-14)15-10-12(2)6-8-17(15)21-18/h7,9,11-13,21H,4-6,8,10H2,1-3H3,(H,20,22)/t12-,13-/m1/s1. The molecule has 1 heterocycles. The number of amides is 1. The van der Waals surface area contributed by atoms with Crippen LogP contribution in [0.15, 0.2) is 18.2 Å². The van der Waals surface area contributed by atoms with Gasteiger partial charge in [0.25, 0.3) is 5.91 Å². The second-order valence-electron chi connectivity index (χ2n) is 6.85. The van der Waals surface area contributed by atoms with E-state index in [0.717, 1.165) is 42.7 Å². The molecule has 0 fully saturated rings. The van der Waals surface area contributed by atoms with Crippen molar-refractivity contribution in [3.05, 3.63) is 35.0 Å². The molecule has 1 aliphatic carbocycles. The van der Waals surface area contributed by atoms with Crippen LogP contribution in [0.1, 0.15) is 61.6 Å². The first-order valence-corrected chi connectivity index (χ1v) is 8.52. The number of rotatable bonds is 4. The number of H-pyrrole nitrogens is 1. The lowest BCUT2D eigenvalue weighted by Gasteiger charge is -2.18. The van der Waals surface area contributed by atoms with E-state index in [-0.39, 0.29) is 11.9 Å². The van der Waals surface area contributed by atoms with Gasteiger partial charge in [-0.05, 0) is 62.3 Å². The van der Waals surface area contributed by atoms with E-state index >= 15 is 0 Å². The van der Waals surface area contributed by atoms with Crippen molar-refractivity contribution in [2.75, 3.05) is 0 Å². The predicted octanol–water partition coefficient (Wildman–Crippen LogP) is 4.21. The Morgan fingerprint density at radius 3 is 3.05 bits per heavy atom. The third-order valence-corrected chi connectivity index (χ3v) is 4.80. The smallest absolute Gasteiger partial charge is 0.251 e. The van der Waals surface area contributed by atoms with Gasteiger partial charge in [-0.15, -0.1) is 0 Å². The summed E-state index contributed by atoms with van der Waals surface area (Å²) in [6.07, 6.45) is 5.60. The van der Waals surface area contributed by atoms with Crippen molar-refractivity contribution in [1.29, 1.82) is 0 Å². The first kappa shape index (κ1) is 15.1. The average molecular weight is 298 g/mol. The number of fused-ring (bicyclic) bond motifs is 3. The molecule has 22 heavy (non-hydrogen) atoms. The molecule has 3 nitrogen and oxygen atoms in total. The highest BCUT2D eigenvalue weighted by atomic mass is 16.1. The molecule has 3 heteroatoms. The predicted molar refractivity (Wildman–Crippen MR) is 91.3 cm³/mol. The third kappa shape index (κ3) is 2.90. The zero-order valence-corrected chi connectivity index (χ0v) is 13.8. The maximum Gasteiger partial charge on any atom is 0.251 e. The molecule has 0 saturated carbocycles. The Bertz CT molecular complexity index is 686. The van der Waals surface area contributed by atoms with Gasteiger partial charge >= 0.3 is 0 Å². The van der Waals surface area contributed by atoms with Crippen LogP contribution in [0.2, 0.25) is 0 Å². The molecule has 0 radical (unpaired) electrons. The quantitative estimate of drug-likeness (QED) is 0.872. The van der Waals surface area contributed by atoms with Gasteiger partial charge in [-0.1, -0.05) is 20.3 Å². The molecule has 2 N–H and O–H groups in total. The van der Waals surface area contributed by atoms with Crippen LogP contribution in [-0.2, 0) is 12.8 Å². The van der Waals surface area contributed by atoms with Crippen LogP contribution in [0.25, 0.3) is 10.9 Å². The van der Waals surface area contributed by atoms with Gasteiger partial charge in [-0.25, -0.2) is 0 Å². The Hall–Kier alpha value is -1.77. The molecule has 3 rings (SSSR count). The first-order valence-electron chi connectivity index (χ1n) is 8.52. The first-order chi connectivity index (χ1) is 10.6. The molecular weight excluding hydrogens is 272 g/mol. The minimum atomic E-state index is 0.0432. The van der Waals surface area contributed by atoms with Crippen molar-refractivity contribution in [2.24, 2.45) is 5.92 Å². The molecule has 0 saturated heterocycles. The Morgan fingerprint density at radius 2 is 2.27 bits per heavy atom. The van der Waals surface area contributed by atoms with E-state index in [0.29, 0.717) is 0 Å². The average Bonchev–Trinajstić information content (AvgIpc) is 2.84. The maximum absolute atomic E-state index is 12.4. The summed E-state index contributed by atoms with van der Waals surface area (Å²) in [5, 5.41) is 4.33. The summed E-state index contributed by atoms with van der Waals surface area (Å²) in [5.41, 5.74) is 4.72. The SMILES string of the molecule is CCC[C@@H](C)NC(=O)c1ccc2[nH]c3c(c2c1)C[C@H](C)CC3. The lowest BCUT2D eigenvalue weighted by atomic mass is 9.87. The summed E-state index contributed by atoms with van der Waals surface area (Å²) in [5.74, 6) is 0.773. The molecule has 2 atom stereocenters. The summed E-state index contributed by atoms with van der Waals surface area (Å²) in [7, 11) is 0. The van der Waals surface area contributed by atoms with E-state index in [1.807, 2.05) is 6.07 Å². The van der Waals surface area contributed by atoms with Crippen molar-refractivity contribution in [3.63, 3.8) is 0 Å². The minimum Gasteiger partial charge on any atom is -0.358 e. The fraction of sp³-hybridized carbons (Fsp3) is 0.526. The number of aryl methyl sites for hydroxylation is 1. The molecule has 0 aliphatic heterocycles. The van der Waals surface area contributed by atoms with E-state index in [1.165, 1.54) is 23.1 Å². The van der Waals surface area contributed by atoms with Crippen molar-refractivity contribution in [3.8, 4) is 0 Å². The zero-order chi connectivity index (χ0) is 15.7. The summed E-state index contributed by atoms with van der Waals surface area (Å²) >= 11 is 0. The molecular formula is C19H26N2O. The lowest BCUT2D eigenvalue weighted by Crippen LogP contribution is -2.32. The van der Waals surface area contributed by atoms with Crippen LogP contribution in [-0.4, -0.2) is 16.9 Å². The van der Waals surface area contributed by atoms with Gasteiger partial charge in [0.05, 0.1) is 0 Å². The number of hydrogen-bond donors (Lipinski definition) is 2. The Kier molecular flexibility index (Phi) is 4.23. The zero-order valence-electron chi connectivity index (χ0n) is 13.8. The number of benzene rings is 1. The van der Waals surface area contributed by atoms with Crippen LogP contribution >= 0.6 is 0 Å². The van der Waals surface area contributed by atoms with Crippen LogP contribution in [0, 0.1) is 5.92 Å². The fourth-order valence-electron chi connectivity index (χ4n) is 3.54. The van der Waals surface area contributed by atoms with Crippen LogP contribution in [0.3, 0.4) is 0 Å². The Labute approximate surface area is 132 Å². The number of aromatic amines is 1. The van der Waals surface area contributed by atoms with Gasteiger partial charge in [0.1, 0.15) is 0 Å².